The molecule has 0 unspecified atom stereocenters. The van der Waals surface area contributed by atoms with Gasteiger partial charge in [-0.3, -0.25) is 0 Å². The Kier molecular flexibility index (Phi) is 5.64. The molecule has 0 bridgehead atoms. The molecule has 0 amide bonds. The fourth-order valence-electron chi connectivity index (χ4n) is 2.13. The molecule has 0 heterocycles. The van der Waals surface area contributed by atoms with E-state index in [1.54, 1.807) is 0 Å². The van der Waals surface area contributed by atoms with Gasteiger partial charge in [-0.25, -0.2) is 8.78 Å². The molecule has 2 rings (SSSR count). The van der Waals surface area contributed by atoms with Gasteiger partial charge in [0.2, 0.25) is 0 Å². The van der Waals surface area contributed by atoms with Gasteiger partial charge in [0.1, 0.15) is 12.4 Å². The van der Waals surface area contributed by atoms with Gasteiger partial charge in [0, 0.05) is 0 Å². The predicted octanol–water partition coefficient (Wildman–Crippen LogP) is 5.39. The molecule has 0 aliphatic rings. The van der Waals surface area contributed by atoms with Crippen LogP contribution in [0.1, 0.15) is 24.5 Å². The number of hydrogen-bond acceptors (Lipinski definition) is 2. The number of ether oxygens (including phenoxy) is 2. The summed E-state index contributed by atoms with van der Waals surface area (Å²) in [7, 11) is 0. The molecule has 7 heteroatoms. The van der Waals surface area contributed by atoms with Crippen LogP contribution < -0.4 is 9.47 Å². The summed E-state index contributed by atoms with van der Waals surface area (Å²) >= 11 is 0. The molecular formula is C17H15F5O2. The summed E-state index contributed by atoms with van der Waals surface area (Å²) in [5, 5.41) is 0. The first-order valence-corrected chi connectivity index (χ1v) is 7.24. The summed E-state index contributed by atoms with van der Waals surface area (Å²) in [5.74, 6) is -2.51. The molecule has 2 nitrogen and oxygen atoms in total. The highest BCUT2D eigenvalue weighted by atomic mass is 19.4. The van der Waals surface area contributed by atoms with Gasteiger partial charge < -0.3 is 9.47 Å². The summed E-state index contributed by atoms with van der Waals surface area (Å²) < 4.78 is 72.8. The summed E-state index contributed by atoms with van der Waals surface area (Å²) in [6, 6.07) is 7.27. The third-order valence-corrected chi connectivity index (χ3v) is 3.14. The molecule has 0 aliphatic heterocycles. The fourth-order valence-corrected chi connectivity index (χ4v) is 2.13. The Morgan fingerprint density at radius 2 is 1.50 bits per heavy atom. The van der Waals surface area contributed by atoms with Crippen molar-refractivity contribution in [1.29, 1.82) is 0 Å². The highest BCUT2D eigenvalue weighted by Crippen LogP contribution is 2.26. The van der Waals surface area contributed by atoms with E-state index in [4.69, 9.17) is 4.74 Å². The number of hydrogen-bond donors (Lipinski definition) is 0. The van der Waals surface area contributed by atoms with E-state index in [-0.39, 0.29) is 12.4 Å². The lowest BCUT2D eigenvalue weighted by Crippen LogP contribution is -2.17. The van der Waals surface area contributed by atoms with Crippen molar-refractivity contribution in [3.8, 4) is 11.5 Å². The van der Waals surface area contributed by atoms with E-state index in [1.165, 1.54) is 24.3 Å². The van der Waals surface area contributed by atoms with Crippen molar-refractivity contribution < 1.29 is 31.4 Å². The van der Waals surface area contributed by atoms with Gasteiger partial charge in [-0.15, -0.1) is 13.2 Å². The van der Waals surface area contributed by atoms with Gasteiger partial charge in [0.25, 0.3) is 0 Å². The van der Waals surface area contributed by atoms with E-state index >= 15 is 0 Å². The second-order valence-corrected chi connectivity index (χ2v) is 5.12. The predicted molar refractivity (Wildman–Crippen MR) is 77.8 cm³/mol. The minimum Gasteiger partial charge on any atom is -0.483 e. The zero-order chi connectivity index (χ0) is 17.7. The van der Waals surface area contributed by atoms with Crippen LogP contribution in [-0.4, -0.2) is 6.36 Å². The van der Waals surface area contributed by atoms with Crippen molar-refractivity contribution in [3.63, 3.8) is 0 Å². The summed E-state index contributed by atoms with van der Waals surface area (Å²) in [6.07, 6.45) is -3.47. The standard InChI is InChI=1S/C17H15F5O2/c1-2-3-12-8-14(18)16(15(19)9-12)23-10-11-4-6-13(7-5-11)24-17(20,21)22/h4-9H,2-3,10H2,1H3. The van der Waals surface area contributed by atoms with E-state index in [2.05, 4.69) is 4.74 Å². The van der Waals surface area contributed by atoms with Gasteiger partial charge in [0.05, 0.1) is 0 Å². The molecule has 0 N–H and O–H groups in total. The van der Waals surface area contributed by atoms with Crippen molar-refractivity contribution in [3.05, 3.63) is 59.2 Å². The highest BCUT2D eigenvalue weighted by molar-refractivity contribution is 5.32. The van der Waals surface area contributed by atoms with Crippen molar-refractivity contribution in [1.82, 2.24) is 0 Å². The molecule has 0 atom stereocenters. The van der Waals surface area contributed by atoms with Crippen LogP contribution in [0.5, 0.6) is 11.5 Å². The lowest BCUT2D eigenvalue weighted by molar-refractivity contribution is -0.274. The topological polar surface area (TPSA) is 18.5 Å². The third-order valence-electron chi connectivity index (χ3n) is 3.14. The van der Waals surface area contributed by atoms with Gasteiger partial charge in [0.15, 0.2) is 17.4 Å². The average Bonchev–Trinajstić information content (AvgIpc) is 2.47. The van der Waals surface area contributed by atoms with Gasteiger partial charge in [-0.05, 0) is 41.8 Å². The van der Waals surface area contributed by atoms with Crippen molar-refractivity contribution in [2.75, 3.05) is 0 Å². The van der Waals surface area contributed by atoms with E-state index in [0.717, 1.165) is 18.6 Å². The van der Waals surface area contributed by atoms with Crippen LogP contribution in [0.25, 0.3) is 0 Å². The van der Waals surface area contributed by atoms with Crippen LogP contribution >= 0.6 is 0 Å². The molecule has 0 saturated heterocycles. The van der Waals surface area contributed by atoms with Crippen LogP contribution in [-0.2, 0) is 13.0 Å². The summed E-state index contributed by atoms with van der Waals surface area (Å²) in [5.41, 5.74) is 0.981. The molecule has 0 spiro atoms. The number of alkyl halides is 3. The Bertz CT molecular complexity index is 657. The Balaban J connectivity index is 2.03. The molecule has 0 saturated carbocycles. The normalized spacial score (nSPS) is 11.4. The quantitative estimate of drug-likeness (QED) is 0.653. The molecule has 0 aliphatic carbocycles. The monoisotopic (exact) mass is 346 g/mol. The van der Waals surface area contributed by atoms with E-state index in [1.807, 2.05) is 6.92 Å². The first kappa shape index (κ1) is 18.0. The first-order chi connectivity index (χ1) is 11.3. The Hall–Kier alpha value is -2.31. The van der Waals surface area contributed by atoms with Gasteiger partial charge >= 0.3 is 6.36 Å². The Morgan fingerprint density at radius 3 is 2.00 bits per heavy atom. The average molecular weight is 346 g/mol. The molecule has 0 aromatic heterocycles. The van der Waals surface area contributed by atoms with E-state index in [0.29, 0.717) is 17.5 Å². The first-order valence-electron chi connectivity index (χ1n) is 7.24. The zero-order valence-corrected chi connectivity index (χ0v) is 12.8. The maximum absolute atomic E-state index is 13.9. The molecule has 0 radical (unpaired) electrons. The molecule has 24 heavy (non-hydrogen) atoms. The van der Waals surface area contributed by atoms with Crippen LogP contribution in [0.2, 0.25) is 0 Å². The maximum Gasteiger partial charge on any atom is 0.573 e. The van der Waals surface area contributed by atoms with Crippen molar-refractivity contribution in [2.45, 2.75) is 32.7 Å². The summed E-state index contributed by atoms with van der Waals surface area (Å²) in [6.45, 7) is 1.71. The van der Waals surface area contributed by atoms with Crippen LogP contribution in [0.4, 0.5) is 22.0 Å². The molecular weight excluding hydrogens is 331 g/mol. The van der Waals surface area contributed by atoms with Crippen molar-refractivity contribution >= 4 is 0 Å². The van der Waals surface area contributed by atoms with Crippen molar-refractivity contribution in [2.24, 2.45) is 0 Å². The van der Waals surface area contributed by atoms with Crippen LogP contribution in [0, 0.1) is 11.6 Å². The largest absolute Gasteiger partial charge is 0.573 e. The summed E-state index contributed by atoms with van der Waals surface area (Å²) in [4.78, 5) is 0. The molecule has 0 fully saturated rings. The van der Waals surface area contributed by atoms with E-state index < -0.39 is 23.7 Å². The minimum absolute atomic E-state index is 0.187. The molecule has 130 valence electrons. The Labute approximate surface area is 135 Å². The second kappa shape index (κ2) is 7.51. The fraction of sp³-hybridized carbons (Fsp3) is 0.294. The Morgan fingerprint density at radius 1 is 0.917 bits per heavy atom. The van der Waals surface area contributed by atoms with E-state index in [9.17, 15) is 22.0 Å². The SMILES string of the molecule is CCCc1cc(F)c(OCc2ccc(OC(F)(F)F)cc2)c(F)c1. The second-order valence-electron chi connectivity index (χ2n) is 5.12. The van der Waals surface area contributed by atoms with Crippen LogP contribution in [0.3, 0.4) is 0 Å². The van der Waals surface area contributed by atoms with Gasteiger partial charge in [-0.1, -0.05) is 25.5 Å². The lowest BCUT2D eigenvalue weighted by atomic mass is 10.1. The maximum atomic E-state index is 13.9. The lowest BCUT2D eigenvalue weighted by Gasteiger charge is -2.11. The number of halogens is 5. The smallest absolute Gasteiger partial charge is 0.483 e. The van der Waals surface area contributed by atoms with Gasteiger partial charge in [-0.2, -0.15) is 0 Å². The number of rotatable bonds is 6. The number of benzene rings is 2. The zero-order valence-electron chi connectivity index (χ0n) is 12.8. The molecule has 2 aromatic carbocycles. The third kappa shape index (κ3) is 5.11. The highest BCUT2D eigenvalue weighted by Gasteiger charge is 2.30. The number of aryl methyl sites for hydroxylation is 1. The molecule has 2 aromatic rings. The van der Waals surface area contributed by atoms with Crippen LogP contribution in [0.15, 0.2) is 36.4 Å². The minimum atomic E-state index is -4.77.